The van der Waals surface area contributed by atoms with Crippen molar-refractivity contribution in [2.75, 3.05) is 6.61 Å². The molecule has 0 aliphatic rings. The van der Waals surface area contributed by atoms with E-state index in [0.717, 1.165) is 34.6 Å². The number of carboxylic acid groups (broad SMARTS) is 1. The summed E-state index contributed by atoms with van der Waals surface area (Å²) in [5.74, 6) is 0.101. The molecule has 0 aliphatic heterocycles. The van der Waals surface area contributed by atoms with Gasteiger partial charge in [-0.1, -0.05) is 13.0 Å². The average Bonchev–Trinajstić information content (AvgIpc) is 3.16. The van der Waals surface area contributed by atoms with Crippen molar-refractivity contribution in [1.29, 1.82) is 0 Å². The van der Waals surface area contributed by atoms with Crippen molar-refractivity contribution in [3.05, 3.63) is 71.4 Å². The Balaban J connectivity index is 1.56. The van der Waals surface area contributed by atoms with Crippen LogP contribution in [0.2, 0.25) is 0 Å². The van der Waals surface area contributed by atoms with E-state index in [1.807, 2.05) is 25.1 Å². The van der Waals surface area contributed by atoms with Gasteiger partial charge in [-0.25, -0.2) is 9.37 Å². The number of aryl methyl sites for hydroxylation is 2. The molecule has 1 heterocycles. The van der Waals surface area contributed by atoms with Crippen LogP contribution in [0.15, 0.2) is 53.1 Å². The molecule has 1 N–H and O–H groups in total. The van der Waals surface area contributed by atoms with Gasteiger partial charge in [-0.3, -0.25) is 4.79 Å². The zero-order valence-corrected chi connectivity index (χ0v) is 15.7. The van der Waals surface area contributed by atoms with Crippen molar-refractivity contribution in [3.63, 3.8) is 0 Å². The minimum atomic E-state index is -0.796. The van der Waals surface area contributed by atoms with E-state index in [0.29, 0.717) is 25.3 Å². The summed E-state index contributed by atoms with van der Waals surface area (Å²) in [5.41, 5.74) is 3.61. The lowest BCUT2D eigenvalue weighted by atomic mass is 10.0. The lowest BCUT2D eigenvalue weighted by Crippen LogP contribution is -2.04. The van der Waals surface area contributed by atoms with Crippen LogP contribution in [0.1, 0.15) is 30.2 Å². The van der Waals surface area contributed by atoms with Crippen LogP contribution in [-0.2, 0) is 24.1 Å². The number of ether oxygens (including phenoxy) is 1. The first-order valence-electron chi connectivity index (χ1n) is 9.22. The minimum absolute atomic E-state index is 0.121. The second-order valence-electron chi connectivity index (χ2n) is 6.43. The van der Waals surface area contributed by atoms with E-state index in [1.54, 1.807) is 18.4 Å². The predicted molar refractivity (Wildman–Crippen MR) is 103 cm³/mol. The number of nitrogens with zero attached hydrogens (tertiary/aromatic N) is 1. The fourth-order valence-corrected chi connectivity index (χ4v) is 2.93. The monoisotopic (exact) mass is 383 g/mol. The molecule has 0 atom stereocenters. The molecule has 0 saturated carbocycles. The van der Waals surface area contributed by atoms with Crippen LogP contribution < -0.4 is 4.74 Å². The molecule has 0 radical (unpaired) electrons. The molecular formula is C22H22FNO4. The number of hydrogen-bond acceptors (Lipinski definition) is 4. The molecule has 146 valence electrons. The Hall–Kier alpha value is -3.15. The molecule has 0 spiro atoms. The summed E-state index contributed by atoms with van der Waals surface area (Å²) >= 11 is 0. The van der Waals surface area contributed by atoms with E-state index < -0.39 is 5.97 Å². The zero-order chi connectivity index (χ0) is 19.9. The quantitative estimate of drug-likeness (QED) is 0.581. The SMILES string of the molecule is CCc1cc(OCCc2coc(-c3ccc(F)cc3)n2)ccc1CCC(=O)O. The lowest BCUT2D eigenvalue weighted by Gasteiger charge is -2.11. The summed E-state index contributed by atoms with van der Waals surface area (Å²) in [5, 5.41) is 8.85. The Morgan fingerprint density at radius 1 is 1.14 bits per heavy atom. The first kappa shape index (κ1) is 19.6. The molecule has 0 amide bonds. The summed E-state index contributed by atoms with van der Waals surface area (Å²) in [7, 11) is 0. The molecule has 6 heteroatoms. The van der Waals surface area contributed by atoms with Crippen LogP contribution in [0.3, 0.4) is 0 Å². The van der Waals surface area contributed by atoms with E-state index >= 15 is 0 Å². The second kappa shape index (κ2) is 9.17. The Kier molecular flexibility index (Phi) is 6.42. The molecule has 0 saturated heterocycles. The Morgan fingerprint density at radius 3 is 2.64 bits per heavy atom. The van der Waals surface area contributed by atoms with Crippen LogP contribution in [0, 0.1) is 5.82 Å². The number of benzene rings is 2. The maximum absolute atomic E-state index is 13.0. The highest BCUT2D eigenvalue weighted by molar-refractivity contribution is 5.67. The van der Waals surface area contributed by atoms with E-state index in [1.165, 1.54) is 12.1 Å². The molecule has 3 rings (SSSR count). The largest absolute Gasteiger partial charge is 0.493 e. The number of halogens is 1. The van der Waals surface area contributed by atoms with Crippen molar-refractivity contribution in [1.82, 2.24) is 4.98 Å². The number of rotatable bonds is 9. The highest BCUT2D eigenvalue weighted by Gasteiger charge is 2.09. The molecule has 3 aromatic rings. The summed E-state index contributed by atoms with van der Waals surface area (Å²) < 4.78 is 24.3. The van der Waals surface area contributed by atoms with E-state index in [-0.39, 0.29) is 12.2 Å². The third kappa shape index (κ3) is 5.19. The van der Waals surface area contributed by atoms with Crippen molar-refractivity contribution in [2.45, 2.75) is 32.6 Å². The lowest BCUT2D eigenvalue weighted by molar-refractivity contribution is -0.136. The summed E-state index contributed by atoms with van der Waals surface area (Å²) in [6.45, 7) is 2.47. The van der Waals surface area contributed by atoms with Gasteiger partial charge in [-0.05, 0) is 60.4 Å². The van der Waals surface area contributed by atoms with E-state index in [9.17, 15) is 9.18 Å². The topological polar surface area (TPSA) is 72.6 Å². The van der Waals surface area contributed by atoms with Gasteiger partial charge in [-0.15, -0.1) is 0 Å². The van der Waals surface area contributed by atoms with Gasteiger partial charge in [0.2, 0.25) is 5.89 Å². The first-order chi connectivity index (χ1) is 13.5. The molecule has 0 bridgehead atoms. The zero-order valence-electron chi connectivity index (χ0n) is 15.7. The molecule has 5 nitrogen and oxygen atoms in total. The average molecular weight is 383 g/mol. The van der Waals surface area contributed by atoms with Gasteiger partial charge in [0.25, 0.3) is 0 Å². The van der Waals surface area contributed by atoms with Gasteiger partial charge >= 0.3 is 5.97 Å². The van der Waals surface area contributed by atoms with Crippen LogP contribution in [0.4, 0.5) is 4.39 Å². The van der Waals surface area contributed by atoms with Gasteiger partial charge < -0.3 is 14.3 Å². The molecule has 0 fully saturated rings. The maximum Gasteiger partial charge on any atom is 0.303 e. The summed E-state index contributed by atoms with van der Waals surface area (Å²) in [6.07, 6.45) is 3.61. The molecular weight excluding hydrogens is 361 g/mol. The number of aromatic nitrogens is 1. The third-order valence-corrected chi connectivity index (χ3v) is 4.44. The van der Waals surface area contributed by atoms with Crippen LogP contribution in [-0.4, -0.2) is 22.7 Å². The molecule has 1 aromatic heterocycles. The number of hydrogen-bond donors (Lipinski definition) is 1. The fourth-order valence-electron chi connectivity index (χ4n) is 2.93. The molecule has 2 aromatic carbocycles. The van der Waals surface area contributed by atoms with Gasteiger partial charge in [0.15, 0.2) is 0 Å². The maximum atomic E-state index is 13.0. The summed E-state index contributed by atoms with van der Waals surface area (Å²) in [6, 6.07) is 11.7. The normalized spacial score (nSPS) is 10.8. The van der Waals surface area contributed by atoms with Crippen molar-refractivity contribution < 1.29 is 23.4 Å². The highest BCUT2D eigenvalue weighted by atomic mass is 19.1. The van der Waals surface area contributed by atoms with E-state index in [4.69, 9.17) is 14.3 Å². The van der Waals surface area contributed by atoms with Gasteiger partial charge in [-0.2, -0.15) is 0 Å². The summed E-state index contributed by atoms with van der Waals surface area (Å²) in [4.78, 5) is 15.2. The van der Waals surface area contributed by atoms with Gasteiger partial charge in [0.1, 0.15) is 17.8 Å². The molecule has 28 heavy (non-hydrogen) atoms. The van der Waals surface area contributed by atoms with Gasteiger partial charge in [0, 0.05) is 18.4 Å². The highest BCUT2D eigenvalue weighted by Crippen LogP contribution is 2.21. The standard InChI is InChI=1S/C22H22FNO4/c1-2-15-13-20(9-5-16(15)6-10-21(25)26)27-12-11-19-14-28-22(24-19)17-3-7-18(23)8-4-17/h3-5,7-9,13-14H,2,6,10-12H2,1H3,(H,25,26). The number of oxazole rings is 1. The van der Waals surface area contributed by atoms with E-state index in [2.05, 4.69) is 4.98 Å². The Morgan fingerprint density at radius 2 is 1.93 bits per heavy atom. The molecule has 0 aliphatic carbocycles. The minimum Gasteiger partial charge on any atom is -0.493 e. The fraction of sp³-hybridized carbons (Fsp3) is 0.273. The predicted octanol–water partition coefficient (Wildman–Crippen LogP) is 4.68. The number of carboxylic acids is 1. The van der Waals surface area contributed by atoms with Crippen molar-refractivity contribution in [2.24, 2.45) is 0 Å². The second-order valence-corrected chi connectivity index (χ2v) is 6.43. The first-order valence-corrected chi connectivity index (χ1v) is 9.22. The van der Waals surface area contributed by atoms with Crippen LogP contribution in [0.25, 0.3) is 11.5 Å². The third-order valence-electron chi connectivity index (χ3n) is 4.44. The Labute approximate surface area is 162 Å². The number of aliphatic carboxylic acids is 1. The molecule has 0 unspecified atom stereocenters. The van der Waals surface area contributed by atoms with Crippen LogP contribution in [0.5, 0.6) is 5.75 Å². The number of carbonyl (C=O) groups is 1. The van der Waals surface area contributed by atoms with Gasteiger partial charge in [0.05, 0.1) is 12.3 Å². The van der Waals surface area contributed by atoms with Crippen molar-refractivity contribution in [3.8, 4) is 17.2 Å². The Bertz CT molecular complexity index is 934. The van der Waals surface area contributed by atoms with Crippen molar-refractivity contribution >= 4 is 5.97 Å². The smallest absolute Gasteiger partial charge is 0.303 e. The van der Waals surface area contributed by atoms with Crippen LogP contribution >= 0.6 is 0 Å².